The van der Waals surface area contributed by atoms with E-state index in [1.807, 2.05) is 9.80 Å². The van der Waals surface area contributed by atoms with Gasteiger partial charge in [0.25, 0.3) is 0 Å². The molecule has 0 bridgehead atoms. The predicted octanol–water partition coefficient (Wildman–Crippen LogP) is 0.894. The Morgan fingerprint density at radius 2 is 1.64 bits per heavy atom. The maximum Gasteiger partial charge on any atom is 0.319 e. The quantitative estimate of drug-likeness (QED) is 0.807. The third-order valence-electron chi connectivity index (χ3n) is 4.38. The summed E-state index contributed by atoms with van der Waals surface area (Å²) >= 11 is 0. The van der Waals surface area contributed by atoms with E-state index in [0.29, 0.717) is 25.9 Å². The summed E-state index contributed by atoms with van der Waals surface area (Å²) in [5.74, 6) is -1.14. The maximum atomic E-state index is 12.3. The molecule has 2 N–H and O–H groups in total. The number of piperidine rings is 1. The molecule has 0 aromatic rings. The molecule has 2 rings (SSSR count). The Hall–Kier alpha value is -1.79. The van der Waals surface area contributed by atoms with Crippen LogP contribution < -0.4 is 5.32 Å². The van der Waals surface area contributed by atoms with E-state index in [1.54, 1.807) is 6.92 Å². The molecule has 2 heterocycles. The van der Waals surface area contributed by atoms with Crippen molar-refractivity contribution in [2.45, 2.75) is 45.1 Å². The molecule has 0 aromatic carbocycles. The third-order valence-corrected chi connectivity index (χ3v) is 4.38. The van der Waals surface area contributed by atoms with Gasteiger partial charge in [0, 0.05) is 38.1 Å². The summed E-state index contributed by atoms with van der Waals surface area (Å²) in [6.07, 6.45) is 3.37. The first-order valence-electron chi connectivity index (χ1n) is 8.03. The number of likely N-dealkylation sites (tertiary alicyclic amines) is 2. The Kier molecular flexibility index (Phi) is 5.63. The molecule has 2 fully saturated rings. The van der Waals surface area contributed by atoms with Crippen LogP contribution in [0.3, 0.4) is 0 Å². The number of rotatable bonds is 4. The molecule has 3 amide bonds. The molecule has 1 atom stereocenters. The Morgan fingerprint density at radius 3 is 2.18 bits per heavy atom. The molecule has 2 aliphatic rings. The lowest BCUT2D eigenvalue weighted by Crippen LogP contribution is -2.48. The van der Waals surface area contributed by atoms with Crippen molar-refractivity contribution in [1.29, 1.82) is 0 Å². The van der Waals surface area contributed by atoms with Crippen LogP contribution in [0.2, 0.25) is 0 Å². The van der Waals surface area contributed by atoms with Gasteiger partial charge in [-0.3, -0.25) is 9.59 Å². The van der Waals surface area contributed by atoms with Gasteiger partial charge >= 0.3 is 12.0 Å². The topological polar surface area (TPSA) is 90.0 Å². The van der Waals surface area contributed by atoms with Crippen LogP contribution >= 0.6 is 0 Å². The fourth-order valence-electron chi connectivity index (χ4n) is 3.12. The van der Waals surface area contributed by atoms with Gasteiger partial charge < -0.3 is 20.2 Å². The molecule has 7 nitrogen and oxygen atoms in total. The lowest BCUT2D eigenvalue weighted by Gasteiger charge is -2.34. The zero-order valence-corrected chi connectivity index (χ0v) is 13.1. The number of carbonyl (C=O) groups is 3. The van der Waals surface area contributed by atoms with E-state index in [2.05, 4.69) is 5.32 Å². The SMILES string of the molecule is CC(CC(=O)O)NC(=O)C1CCN(C(=O)N2CCCC2)CC1. The van der Waals surface area contributed by atoms with Crippen molar-refractivity contribution in [2.24, 2.45) is 5.92 Å². The van der Waals surface area contributed by atoms with Crippen molar-refractivity contribution >= 4 is 17.9 Å². The number of amides is 3. The summed E-state index contributed by atoms with van der Waals surface area (Å²) in [7, 11) is 0. The Balaban J connectivity index is 1.75. The second-order valence-corrected chi connectivity index (χ2v) is 6.25. The van der Waals surface area contributed by atoms with Crippen LogP contribution in [0.4, 0.5) is 4.79 Å². The summed E-state index contributed by atoms with van der Waals surface area (Å²) in [6.45, 7) is 4.57. The number of carboxylic acid groups (broad SMARTS) is 1. The summed E-state index contributed by atoms with van der Waals surface area (Å²) in [5.41, 5.74) is 0. The Labute approximate surface area is 130 Å². The van der Waals surface area contributed by atoms with E-state index in [4.69, 9.17) is 5.11 Å². The second kappa shape index (κ2) is 7.47. The highest BCUT2D eigenvalue weighted by Crippen LogP contribution is 2.20. The molecule has 7 heteroatoms. The fourth-order valence-corrected chi connectivity index (χ4v) is 3.12. The standard InChI is InChI=1S/C15H25N3O4/c1-11(10-13(19)20)16-14(21)12-4-8-18(9-5-12)15(22)17-6-2-3-7-17/h11-12H,2-10H2,1H3,(H,16,21)(H,19,20). The van der Waals surface area contributed by atoms with Gasteiger partial charge in [-0.05, 0) is 32.6 Å². The minimum absolute atomic E-state index is 0.0714. The van der Waals surface area contributed by atoms with Gasteiger partial charge in [0.15, 0.2) is 0 Å². The molecule has 2 aliphatic heterocycles. The van der Waals surface area contributed by atoms with Crippen molar-refractivity contribution in [3.8, 4) is 0 Å². The molecule has 0 aliphatic carbocycles. The maximum absolute atomic E-state index is 12.3. The van der Waals surface area contributed by atoms with Crippen molar-refractivity contribution in [1.82, 2.24) is 15.1 Å². The Bertz CT molecular complexity index is 427. The van der Waals surface area contributed by atoms with Gasteiger partial charge in [-0.1, -0.05) is 0 Å². The van der Waals surface area contributed by atoms with Crippen LogP contribution in [-0.2, 0) is 9.59 Å². The van der Waals surface area contributed by atoms with Gasteiger partial charge in [-0.25, -0.2) is 4.79 Å². The van der Waals surface area contributed by atoms with Crippen LogP contribution in [-0.4, -0.2) is 65.0 Å². The lowest BCUT2D eigenvalue weighted by atomic mass is 9.95. The van der Waals surface area contributed by atoms with Crippen LogP contribution in [0.15, 0.2) is 0 Å². The highest BCUT2D eigenvalue weighted by atomic mass is 16.4. The zero-order chi connectivity index (χ0) is 16.1. The van der Waals surface area contributed by atoms with E-state index in [0.717, 1.165) is 25.9 Å². The van der Waals surface area contributed by atoms with Crippen LogP contribution in [0, 0.1) is 5.92 Å². The molecule has 0 spiro atoms. The first-order chi connectivity index (χ1) is 10.5. The second-order valence-electron chi connectivity index (χ2n) is 6.25. The number of urea groups is 1. The normalized spacial score (nSPS) is 20.8. The van der Waals surface area contributed by atoms with Gasteiger partial charge in [0.1, 0.15) is 0 Å². The monoisotopic (exact) mass is 311 g/mol. The summed E-state index contributed by atoms with van der Waals surface area (Å²) in [4.78, 5) is 38.7. The molecular formula is C15H25N3O4. The zero-order valence-electron chi connectivity index (χ0n) is 13.1. The van der Waals surface area contributed by atoms with Gasteiger partial charge in [0.05, 0.1) is 6.42 Å². The van der Waals surface area contributed by atoms with E-state index in [-0.39, 0.29) is 30.3 Å². The summed E-state index contributed by atoms with van der Waals surface area (Å²) in [6, 6.07) is -0.273. The number of nitrogens with zero attached hydrogens (tertiary/aromatic N) is 2. The molecule has 2 saturated heterocycles. The van der Waals surface area contributed by atoms with Gasteiger partial charge in [0.2, 0.25) is 5.91 Å². The number of carboxylic acids is 1. The minimum Gasteiger partial charge on any atom is -0.481 e. The van der Waals surface area contributed by atoms with E-state index in [1.165, 1.54) is 0 Å². The number of hydrogen-bond acceptors (Lipinski definition) is 3. The average molecular weight is 311 g/mol. The highest BCUT2D eigenvalue weighted by Gasteiger charge is 2.30. The molecular weight excluding hydrogens is 286 g/mol. The van der Waals surface area contributed by atoms with E-state index in [9.17, 15) is 14.4 Å². The molecule has 124 valence electrons. The average Bonchev–Trinajstić information content (AvgIpc) is 2.99. The Morgan fingerprint density at radius 1 is 1.09 bits per heavy atom. The molecule has 0 radical (unpaired) electrons. The number of nitrogens with one attached hydrogen (secondary N) is 1. The predicted molar refractivity (Wildman–Crippen MR) is 80.4 cm³/mol. The van der Waals surface area contributed by atoms with Crippen molar-refractivity contribution in [2.75, 3.05) is 26.2 Å². The summed E-state index contributed by atoms with van der Waals surface area (Å²) in [5, 5.41) is 11.5. The molecule has 0 aromatic heterocycles. The van der Waals surface area contributed by atoms with Crippen LogP contribution in [0.1, 0.15) is 39.0 Å². The first-order valence-corrected chi connectivity index (χ1v) is 8.03. The molecule has 1 unspecified atom stereocenters. The smallest absolute Gasteiger partial charge is 0.319 e. The first kappa shape index (κ1) is 16.6. The van der Waals surface area contributed by atoms with Crippen LogP contribution in [0.5, 0.6) is 0 Å². The van der Waals surface area contributed by atoms with E-state index >= 15 is 0 Å². The van der Waals surface area contributed by atoms with Crippen molar-refractivity contribution in [3.05, 3.63) is 0 Å². The minimum atomic E-state index is -0.918. The van der Waals surface area contributed by atoms with Gasteiger partial charge in [-0.15, -0.1) is 0 Å². The van der Waals surface area contributed by atoms with Gasteiger partial charge in [-0.2, -0.15) is 0 Å². The van der Waals surface area contributed by atoms with Crippen molar-refractivity contribution < 1.29 is 19.5 Å². The molecule has 0 saturated carbocycles. The summed E-state index contributed by atoms with van der Waals surface area (Å²) < 4.78 is 0. The van der Waals surface area contributed by atoms with Crippen LogP contribution in [0.25, 0.3) is 0 Å². The number of aliphatic carboxylic acids is 1. The largest absolute Gasteiger partial charge is 0.481 e. The van der Waals surface area contributed by atoms with E-state index < -0.39 is 5.97 Å². The molecule has 22 heavy (non-hydrogen) atoms. The third kappa shape index (κ3) is 4.35. The number of hydrogen-bond donors (Lipinski definition) is 2. The highest BCUT2D eigenvalue weighted by molar-refractivity contribution is 5.80. The van der Waals surface area contributed by atoms with Crippen molar-refractivity contribution in [3.63, 3.8) is 0 Å². The fraction of sp³-hybridized carbons (Fsp3) is 0.800. The lowest BCUT2D eigenvalue weighted by molar-refractivity contribution is -0.137. The number of carbonyl (C=O) groups excluding carboxylic acids is 2.